The largest absolute Gasteiger partial charge is 0.497 e. The highest BCUT2D eigenvalue weighted by molar-refractivity contribution is 7.22. The van der Waals surface area contributed by atoms with Crippen molar-refractivity contribution < 1.29 is 9.53 Å². The number of aromatic nitrogens is 1. The SMILES string of the molecule is CCN(CC)CCN(C(=O)c1ccc(Cl)cc1Cl)c1nc2cc(OC)ccc2s1.Cl. The molecule has 1 aromatic heterocycles. The summed E-state index contributed by atoms with van der Waals surface area (Å²) in [6.07, 6.45) is 0. The van der Waals surface area contributed by atoms with Crippen LogP contribution in [0.4, 0.5) is 5.13 Å². The van der Waals surface area contributed by atoms with Crippen LogP contribution in [0.1, 0.15) is 24.2 Å². The second kappa shape index (κ2) is 11.2. The number of anilines is 1. The smallest absolute Gasteiger partial charge is 0.261 e. The van der Waals surface area contributed by atoms with Crippen LogP contribution in [-0.2, 0) is 0 Å². The molecule has 0 aliphatic rings. The quantitative estimate of drug-likeness (QED) is 0.389. The summed E-state index contributed by atoms with van der Waals surface area (Å²) >= 11 is 13.8. The monoisotopic (exact) mass is 487 g/mol. The number of methoxy groups -OCH3 is 1. The third-order valence-corrected chi connectivity index (χ3v) is 6.36. The van der Waals surface area contributed by atoms with Crippen molar-refractivity contribution in [1.82, 2.24) is 9.88 Å². The van der Waals surface area contributed by atoms with Crippen LogP contribution in [0.5, 0.6) is 5.75 Å². The highest BCUT2D eigenvalue weighted by atomic mass is 35.5. The third-order valence-electron chi connectivity index (χ3n) is 4.76. The summed E-state index contributed by atoms with van der Waals surface area (Å²) in [4.78, 5) is 22.1. The molecule has 0 spiro atoms. The van der Waals surface area contributed by atoms with Gasteiger partial charge in [-0.2, -0.15) is 0 Å². The first-order valence-electron chi connectivity index (χ1n) is 9.40. The van der Waals surface area contributed by atoms with Crippen molar-refractivity contribution >= 4 is 68.2 Å². The van der Waals surface area contributed by atoms with Crippen LogP contribution < -0.4 is 9.64 Å². The van der Waals surface area contributed by atoms with Gasteiger partial charge in [0.15, 0.2) is 5.13 Å². The number of rotatable bonds is 8. The minimum absolute atomic E-state index is 0. The van der Waals surface area contributed by atoms with Gasteiger partial charge in [0.05, 0.1) is 27.9 Å². The van der Waals surface area contributed by atoms with E-state index in [0.717, 1.165) is 35.6 Å². The minimum atomic E-state index is -0.190. The Morgan fingerprint density at radius 3 is 2.47 bits per heavy atom. The average molecular weight is 489 g/mol. The molecule has 0 aliphatic carbocycles. The molecular formula is C21H24Cl3N3O2S. The predicted octanol–water partition coefficient (Wildman–Crippen LogP) is 6.02. The molecule has 0 aliphatic heterocycles. The summed E-state index contributed by atoms with van der Waals surface area (Å²) in [5.41, 5.74) is 1.21. The van der Waals surface area contributed by atoms with Gasteiger partial charge in [-0.25, -0.2) is 4.98 Å². The highest BCUT2D eigenvalue weighted by Gasteiger charge is 2.24. The molecule has 0 bridgehead atoms. The molecule has 0 radical (unpaired) electrons. The summed E-state index contributed by atoms with van der Waals surface area (Å²) < 4.78 is 6.28. The Morgan fingerprint density at radius 2 is 1.83 bits per heavy atom. The second-order valence-corrected chi connectivity index (χ2v) is 8.29. The number of halogens is 3. The van der Waals surface area contributed by atoms with Gasteiger partial charge < -0.3 is 9.64 Å². The fourth-order valence-corrected chi connectivity index (χ4v) is 4.47. The molecule has 5 nitrogen and oxygen atoms in total. The van der Waals surface area contributed by atoms with Crippen LogP contribution >= 0.6 is 46.9 Å². The van der Waals surface area contributed by atoms with E-state index in [9.17, 15) is 4.79 Å². The Bertz CT molecular complexity index is 1010. The minimum Gasteiger partial charge on any atom is -0.497 e. The first-order chi connectivity index (χ1) is 14.0. The second-order valence-electron chi connectivity index (χ2n) is 6.44. The number of likely N-dealkylation sites (N-methyl/N-ethyl adjacent to an activating group) is 1. The van der Waals surface area contributed by atoms with Crippen LogP contribution in [0.15, 0.2) is 36.4 Å². The van der Waals surface area contributed by atoms with Crippen molar-refractivity contribution in [3.05, 3.63) is 52.0 Å². The Kier molecular flexibility index (Phi) is 9.19. The molecule has 9 heteroatoms. The predicted molar refractivity (Wildman–Crippen MR) is 129 cm³/mol. The maximum Gasteiger partial charge on any atom is 0.261 e. The molecule has 0 saturated heterocycles. The summed E-state index contributed by atoms with van der Waals surface area (Å²) in [7, 11) is 1.62. The van der Waals surface area contributed by atoms with Gasteiger partial charge >= 0.3 is 0 Å². The van der Waals surface area contributed by atoms with Crippen LogP contribution in [0.2, 0.25) is 10.0 Å². The van der Waals surface area contributed by atoms with Crippen molar-refractivity contribution in [2.24, 2.45) is 0 Å². The van der Waals surface area contributed by atoms with Crippen LogP contribution in [-0.4, -0.2) is 49.1 Å². The summed E-state index contributed by atoms with van der Waals surface area (Å²) in [5.74, 6) is 0.543. The Balaban J connectivity index is 0.00000320. The van der Waals surface area contributed by atoms with Crippen molar-refractivity contribution in [1.29, 1.82) is 0 Å². The van der Waals surface area contributed by atoms with E-state index in [-0.39, 0.29) is 18.3 Å². The maximum absolute atomic E-state index is 13.4. The molecule has 0 unspecified atom stereocenters. The molecular weight excluding hydrogens is 465 g/mol. The Morgan fingerprint density at radius 1 is 1.10 bits per heavy atom. The van der Waals surface area contributed by atoms with E-state index in [1.807, 2.05) is 18.2 Å². The zero-order valence-electron chi connectivity index (χ0n) is 17.0. The molecule has 3 aromatic rings. The number of thiazole rings is 1. The van der Waals surface area contributed by atoms with E-state index >= 15 is 0 Å². The summed E-state index contributed by atoms with van der Waals surface area (Å²) in [6.45, 7) is 7.29. The zero-order valence-corrected chi connectivity index (χ0v) is 20.2. The molecule has 0 N–H and O–H groups in total. The van der Waals surface area contributed by atoms with Crippen LogP contribution in [0, 0.1) is 0 Å². The normalized spacial score (nSPS) is 10.9. The van der Waals surface area contributed by atoms with Crippen LogP contribution in [0.25, 0.3) is 10.2 Å². The molecule has 2 aromatic carbocycles. The fraction of sp³-hybridized carbons (Fsp3) is 0.333. The average Bonchev–Trinajstić information content (AvgIpc) is 3.13. The van der Waals surface area contributed by atoms with Gasteiger partial charge in [0, 0.05) is 24.2 Å². The number of carbonyl (C=O) groups is 1. The highest BCUT2D eigenvalue weighted by Crippen LogP contribution is 2.33. The van der Waals surface area contributed by atoms with E-state index in [1.54, 1.807) is 30.2 Å². The lowest BCUT2D eigenvalue weighted by molar-refractivity contribution is 0.0984. The number of carbonyl (C=O) groups excluding carboxylic acids is 1. The molecule has 30 heavy (non-hydrogen) atoms. The lowest BCUT2D eigenvalue weighted by atomic mass is 10.2. The Labute approximate surface area is 197 Å². The number of benzene rings is 2. The van der Waals surface area contributed by atoms with Gasteiger partial charge in [-0.3, -0.25) is 9.69 Å². The zero-order chi connectivity index (χ0) is 21.0. The first-order valence-corrected chi connectivity index (χ1v) is 11.0. The molecule has 0 fully saturated rings. The topological polar surface area (TPSA) is 45.7 Å². The van der Waals surface area contributed by atoms with Gasteiger partial charge in [0.2, 0.25) is 0 Å². The lowest BCUT2D eigenvalue weighted by Gasteiger charge is -2.25. The third kappa shape index (κ3) is 5.56. The molecule has 162 valence electrons. The number of fused-ring (bicyclic) bond motifs is 1. The maximum atomic E-state index is 13.4. The first kappa shape index (κ1) is 24.7. The Hall–Kier alpha value is -1.57. The number of hydrogen-bond donors (Lipinski definition) is 0. The molecule has 1 heterocycles. The standard InChI is InChI=1S/C21H23Cl2N3O2S.ClH/c1-4-25(5-2)10-11-26(20(27)16-8-6-14(22)12-17(16)23)21-24-18-13-15(28-3)7-9-19(18)29-21;/h6-9,12-13H,4-5,10-11H2,1-3H3;1H. The molecule has 0 saturated carbocycles. The lowest BCUT2D eigenvalue weighted by Crippen LogP contribution is -2.39. The van der Waals surface area contributed by atoms with E-state index in [1.165, 1.54) is 11.3 Å². The molecule has 0 atom stereocenters. The van der Waals surface area contributed by atoms with Gasteiger partial charge in [0.25, 0.3) is 5.91 Å². The van der Waals surface area contributed by atoms with Gasteiger partial charge in [-0.05, 0) is 43.4 Å². The van der Waals surface area contributed by atoms with Gasteiger partial charge in [-0.1, -0.05) is 48.4 Å². The van der Waals surface area contributed by atoms with Crippen molar-refractivity contribution in [3.63, 3.8) is 0 Å². The fourth-order valence-electron chi connectivity index (χ4n) is 3.01. The number of amides is 1. The molecule has 3 rings (SSSR count). The van der Waals surface area contributed by atoms with Crippen molar-refractivity contribution in [2.75, 3.05) is 38.2 Å². The number of nitrogens with zero attached hydrogens (tertiary/aromatic N) is 3. The molecule has 1 amide bonds. The number of hydrogen-bond acceptors (Lipinski definition) is 5. The number of ether oxygens (including phenoxy) is 1. The van der Waals surface area contributed by atoms with Crippen molar-refractivity contribution in [3.8, 4) is 5.75 Å². The van der Waals surface area contributed by atoms with E-state index in [2.05, 4.69) is 18.7 Å². The van der Waals surface area contributed by atoms with Crippen molar-refractivity contribution in [2.45, 2.75) is 13.8 Å². The summed E-state index contributed by atoms with van der Waals surface area (Å²) in [6, 6.07) is 10.6. The van der Waals surface area contributed by atoms with Gasteiger partial charge in [0.1, 0.15) is 5.75 Å². The van der Waals surface area contributed by atoms with E-state index in [4.69, 9.17) is 32.9 Å². The summed E-state index contributed by atoms with van der Waals surface area (Å²) in [5, 5.41) is 1.46. The van der Waals surface area contributed by atoms with E-state index < -0.39 is 0 Å². The van der Waals surface area contributed by atoms with Gasteiger partial charge in [-0.15, -0.1) is 12.4 Å². The van der Waals surface area contributed by atoms with Crippen LogP contribution in [0.3, 0.4) is 0 Å². The van der Waals surface area contributed by atoms with E-state index in [0.29, 0.717) is 27.3 Å².